The minimum absolute atomic E-state index is 1.16. The molecule has 0 aliphatic rings. The Morgan fingerprint density at radius 3 is 2.06 bits per heavy atom. The Balaban J connectivity index is 0.000000385. The summed E-state index contributed by atoms with van der Waals surface area (Å²) >= 11 is 1.19. The number of phosphoric acid groups is 1. The maximum atomic E-state index is 8.88. The van der Waals surface area contributed by atoms with E-state index in [9.17, 15) is 0 Å². The summed E-state index contributed by atoms with van der Waals surface area (Å²) < 4.78 is 10.4. The summed E-state index contributed by atoms with van der Waals surface area (Å²) in [6.07, 6.45) is 2.35. The molecule has 1 aromatic carbocycles. The van der Waals surface area contributed by atoms with Crippen molar-refractivity contribution in [2.75, 3.05) is 0 Å². The Morgan fingerprint density at radius 2 is 1.69 bits per heavy atom. The fourth-order valence-electron chi connectivity index (χ4n) is 1.33. The van der Waals surface area contributed by atoms with Gasteiger partial charge in [-0.25, -0.2) is 4.57 Å². The quantitative estimate of drug-likeness (QED) is 0.535. The molecule has 0 aromatic heterocycles. The second-order valence-corrected chi connectivity index (χ2v) is 5.59. The number of benzene rings is 1. The van der Waals surface area contributed by atoms with Crippen LogP contribution in [-0.2, 0) is 17.4 Å². The third-order valence-corrected chi connectivity index (χ3v) is 3.18. The van der Waals surface area contributed by atoms with E-state index in [1.807, 2.05) is 0 Å². The predicted molar refractivity (Wildman–Crippen MR) is 64.8 cm³/mol. The Bertz CT molecular complexity index is 367. The van der Waals surface area contributed by atoms with E-state index in [1.165, 1.54) is 39.9 Å². The summed E-state index contributed by atoms with van der Waals surface area (Å²) in [5.41, 5.74) is 3.03. The van der Waals surface area contributed by atoms with Gasteiger partial charge in [0.15, 0.2) is 0 Å². The van der Waals surface area contributed by atoms with Crippen LogP contribution >= 0.6 is 7.82 Å². The molecule has 0 aliphatic heterocycles. The van der Waals surface area contributed by atoms with Gasteiger partial charge in [-0.3, -0.25) is 0 Å². The van der Waals surface area contributed by atoms with Crippen molar-refractivity contribution in [1.29, 1.82) is 0 Å². The minimum atomic E-state index is -4.64. The molecule has 0 unspecified atom stereocenters. The third-order valence-electron chi connectivity index (χ3n) is 2.20. The van der Waals surface area contributed by atoms with Gasteiger partial charge in [-0.1, -0.05) is 0 Å². The molecular weight excluding hydrogens is 238 g/mol. The molecule has 16 heavy (non-hydrogen) atoms. The van der Waals surface area contributed by atoms with E-state index in [-0.39, 0.29) is 0 Å². The Labute approximate surface area is 113 Å². The van der Waals surface area contributed by atoms with Crippen molar-refractivity contribution in [3.63, 3.8) is 0 Å². The molecule has 86 valence electrons. The van der Waals surface area contributed by atoms with Gasteiger partial charge in [0.25, 0.3) is 0 Å². The standard InChI is InChI=1S/C10H13.Na.H3O4P/c1-3-9-6-5-7-10(4-2)8-9;;1-5(2,3)4/h5-6,8H,3-4H2,1-2H3;;(H3,1,2,3,4). The largest absolute Gasteiger partial charge is 0.466 e. The van der Waals surface area contributed by atoms with Crippen molar-refractivity contribution in [1.82, 2.24) is 0 Å². The summed E-state index contributed by atoms with van der Waals surface area (Å²) in [7, 11) is -4.64. The number of hydrogen-bond donors (Lipinski definition) is 3. The molecule has 0 heterocycles. The van der Waals surface area contributed by atoms with E-state index in [1.54, 1.807) is 8.38 Å². The zero-order chi connectivity index (χ0) is 12.8. The maximum absolute atomic E-state index is 8.88. The Morgan fingerprint density at radius 1 is 1.19 bits per heavy atom. The topological polar surface area (TPSA) is 77.8 Å². The van der Waals surface area contributed by atoms with Crippen LogP contribution in [0, 0.1) is 0 Å². The van der Waals surface area contributed by atoms with Crippen LogP contribution in [0.15, 0.2) is 18.2 Å². The Kier molecular flexibility index (Phi) is 7.77. The fraction of sp³-hybridized carbons (Fsp3) is 0.400. The first-order valence-corrected chi connectivity index (χ1v) is 7.71. The zero-order valence-corrected chi connectivity index (χ0v) is 12.7. The summed E-state index contributed by atoms with van der Waals surface area (Å²) in [4.78, 5) is 21.6. The van der Waals surface area contributed by atoms with Crippen LogP contribution < -0.4 is 2.81 Å². The van der Waals surface area contributed by atoms with E-state index in [2.05, 4.69) is 32.0 Å². The first kappa shape index (κ1) is 16.3. The minimum Gasteiger partial charge on any atom is -0.303 e. The SMILES string of the molecule is CCc1cc[c]([Na])c(CC)c1.O=P(O)(O)O. The average molecular weight is 254 g/mol. The molecule has 0 aliphatic carbocycles. The Hall–Kier alpha value is 0.330. The maximum Gasteiger partial charge on any atom is 0.466 e. The van der Waals surface area contributed by atoms with E-state index in [4.69, 9.17) is 19.2 Å². The predicted octanol–water partition coefficient (Wildman–Crippen LogP) is 0.677. The number of rotatable bonds is 2. The first-order valence-electron chi connectivity index (χ1n) is 5.14. The van der Waals surface area contributed by atoms with Crippen molar-refractivity contribution >= 4 is 38.6 Å². The van der Waals surface area contributed by atoms with Crippen molar-refractivity contribution in [3.05, 3.63) is 29.3 Å². The molecule has 0 bridgehead atoms. The van der Waals surface area contributed by atoms with Gasteiger partial charge in [-0.2, -0.15) is 0 Å². The van der Waals surface area contributed by atoms with Gasteiger partial charge in [-0.05, 0) is 0 Å². The van der Waals surface area contributed by atoms with Gasteiger partial charge in [0.1, 0.15) is 0 Å². The van der Waals surface area contributed by atoms with E-state index in [0.717, 1.165) is 6.42 Å². The van der Waals surface area contributed by atoms with E-state index >= 15 is 0 Å². The molecule has 0 amide bonds. The molecular formula is C10H16NaO4P. The molecule has 0 atom stereocenters. The van der Waals surface area contributed by atoms with Gasteiger partial charge in [0.05, 0.1) is 0 Å². The van der Waals surface area contributed by atoms with Crippen LogP contribution in [0.5, 0.6) is 0 Å². The molecule has 3 N–H and O–H groups in total. The van der Waals surface area contributed by atoms with Gasteiger partial charge >= 0.3 is 94.6 Å². The smallest absolute Gasteiger partial charge is 0.303 e. The van der Waals surface area contributed by atoms with Crippen LogP contribution in [-0.4, -0.2) is 42.6 Å². The van der Waals surface area contributed by atoms with Gasteiger partial charge in [0.2, 0.25) is 0 Å². The molecule has 1 rings (SSSR count). The third kappa shape index (κ3) is 8.48. The molecule has 0 fully saturated rings. The van der Waals surface area contributed by atoms with Crippen molar-refractivity contribution in [2.24, 2.45) is 0 Å². The van der Waals surface area contributed by atoms with Gasteiger partial charge in [-0.15, -0.1) is 0 Å². The summed E-state index contributed by atoms with van der Waals surface area (Å²) in [6, 6.07) is 6.88. The second-order valence-electron chi connectivity index (χ2n) is 3.48. The molecule has 0 saturated carbocycles. The molecule has 6 heteroatoms. The normalized spacial score (nSPS) is 10.7. The van der Waals surface area contributed by atoms with Crippen LogP contribution in [0.2, 0.25) is 0 Å². The van der Waals surface area contributed by atoms with Crippen molar-refractivity contribution in [2.45, 2.75) is 26.7 Å². The molecule has 0 spiro atoms. The zero-order valence-electron chi connectivity index (χ0n) is 9.84. The summed E-state index contributed by atoms with van der Waals surface area (Å²) in [5.74, 6) is 0. The molecule has 1 aromatic rings. The van der Waals surface area contributed by atoms with Gasteiger partial charge in [0, 0.05) is 0 Å². The van der Waals surface area contributed by atoms with Crippen LogP contribution in [0.4, 0.5) is 0 Å². The van der Waals surface area contributed by atoms with Crippen LogP contribution in [0.1, 0.15) is 25.0 Å². The van der Waals surface area contributed by atoms with Gasteiger partial charge < -0.3 is 14.7 Å². The van der Waals surface area contributed by atoms with Crippen molar-refractivity contribution in [3.8, 4) is 0 Å². The first-order chi connectivity index (χ1) is 7.27. The monoisotopic (exact) mass is 254 g/mol. The molecule has 0 radical (unpaired) electrons. The average Bonchev–Trinajstić information content (AvgIpc) is 2.16. The summed E-state index contributed by atoms with van der Waals surface area (Å²) in [6.45, 7) is 4.44. The fourth-order valence-corrected chi connectivity index (χ4v) is 1.99. The number of aryl methyl sites for hydroxylation is 2. The van der Waals surface area contributed by atoms with Crippen LogP contribution in [0.25, 0.3) is 0 Å². The van der Waals surface area contributed by atoms with Crippen molar-refractivity contribution < 1.29 is 19.2 Å². The van der Waals surface area contributed by atoms with E-state index < -0.39 is 7.82 Å². The van der Waals surface area contributed by atoms with Crippen LogP contribution in [0.3, 0.4) is 0 Å². The number of hydrogen-bond acceptors (Lipinski definition) is 1. The molecule has 0 saturated heterocycles. The summed E-state index contributed by atoms with van der Waals surface area (Å²) in [5, 5.41) is 0. The molecule has 4 nitrogen and oxygen atoms in total. The second kappa shape index (κ2) is 7.62. The van der Waals surface area contributed by atoms with E-state index in [0.29, 0.717) is 0 Å².